The summed E-state index contributed by atoms with van der Waals surface area (Å²) >= 11 is 0. The zero-order valence-corrected chi connectivity index (χ0v) is 12.9. The molecule has 0 saturated carbocycles. The van der Waals surface area contributed by atoms with Crippen LogP contribution in [0.2, 0.25) is 0 Å². The molecular weight excluding hydrogens is 309 g/mol. The van der Waals surface area contributed by atoms with E-state index in [0.717, 1.165) is 0 Å². The predicted octanol–water partition coefficient (Wildman–Crippen LogP) is 2.45. The average molecular weight is 323 g/mol. The van der Waals surface area contributed by atoms with Crippen LogP contribution < -0.4 is 0 Å². The van der Waals surface area contributed by atoms with Crippen LogP contribution in [0.1, 0.15) is 30.0 Å². The summed E-state index contributed by atoms with van der Waals surface area (Å²) in [5.41, 5.74) is 2.57. The number of aromatic nitrogens is 4. The van der Waals surface area contributed by atoms with Gasteiger partial charge in [0.2, 0.25) is 0 Å². The number of imidazole rings is 1. The van der Waals surface area contributed by atoms with E-state index in [0.29, 0.717) is 34.8 Å². The monoisotopic (exact) mass is 323 g/mol. The van der Waals surface area contributed by atoms with Crippen molar-refractivity contribution in [3.05, 3.63) is 65.9 Å². The van der Waals surface area contributed by atoms with E-state index in [-0.39, 0.29) is 0 Å². The largest absolute Gasteiger partial charge is 0.389 e. The zero-order valence-electron chi connectivity index (χ0n) is 12.9. The Morgan fingerprint density at radius 1 is 1.29 bits per heavy atom. The van der Waals surface area contributed by atoms with Gasteiger partial charge in [0, 0.05) is 24.2 Å². The van der Waals surface area contributed by atoms with Gasteiger partial charge < -0.3 is 9.67 Å². The standard InChI is InChI=1S/C17H14FN5O/c1-11(24)15-6-12(18)2-3-14(15)17-16(20-4-5-21-17)9-23-8-13(7-19)22-10-23/h2-6,8,10-11,24H,9H2,1H3/t11-/m1/s1. The Bertz CT molecular complexity index is 913. The van der Waals surface area contributed by atoms with Crippen LogP contribution in [-0.2, 0) is 6.54 Å². The lowest BCUT2D eigenvalue weighted by atomic mass is 9.99. The molecule has 1 atom stereocenters. The van der Waals surface area contributed by atoms with Crippen LogP contribution in [0.3, 0.4) is 0 Å². The maximum Gasteiger partial charge on any atom is 0.158 e. The predicted molar refractivity (Wildman–Crippen MR) is 84.1 cm³/mol. The van der Waals surface area contributed by atoms with E-state index in [1.807, 2.05) is 6.07 Å². The van der Waals surface area contributed by atoms with E-state index >= 15 is 0 Å². The molecule has 0 aliphatic rings. The third-order valence-electron chi connectivity index (χ3n) is 3.57. The normalized spacial score (nSPS) is 11.9. The highest BCUT2D eigenvalue weighted by Gasteiger charge is 2.16. The minimum absolute atomic E-state index is 0.312. The number of aliphatic hydroxyl groups is 1. The molecule has 0 unspecified atom stereocenters. The second-order valence-corrected chi connectivity index (χ2v) is 5.30. The Labute approximate surface area is 137 Å². The maximum absolute atomic E-state index is 13.5. The second-order valence-electron chi connectivity index (χ2n) is 5.30. The van der Waals surface area contributed by atoms with Gasteiger partial charge in [0.25, 0.3) is 0 Å². The number of nitriles is 1. The number of halogens is 1. The number of nitrogens with zero attached hydrogens (tertiary/aromatic N) is 5. The Morgan fingerprint density at radius 3 is 2.79 bits per heavy atom. The molecule has 6 nitrogen and oxygen atoms in total. The van der Waals surface area contributed by atoms with Crippen molar-refractivity contribution < 1.29 is 9.50 Å². The van der Waals surface area contributed by atoms with E-state index in [1.165, 1.54) is 18.5 Å². The van der Waals surface area contributed by atoms with Crippen LogP contribution in [0.4, 0.5) is 4.39 Å². The van der Waals surface area contributed by atoms with E-state index in [9.17, 15) is 9.50 Å². The van der Waals surface area contributed by atoms with Crippen molar-refractivity contribution in [3.63, 3.8) is 0 Å². The Balaban J connectivity index is 2.05. The lowest BCUT2D eigenvalue weighted by Crippen LogP contribution is -2.05. The first-order valence-corrected chi connectivity index (χ1v) is 7.28. The van der Waals surface area contributed by atoms with E-state index in [2.05, 4.69) is 15.0 Å². The van der Waals surface area contributed by atoms with Crippen LogP contribution in [0.25, 0.3) is 11.3 Å². The van der Waals surface area contributed by atoms with E-state index in [1.54, 1.807) is 36.1 Å². The van der Waals surface area contributed by atoms with Gasteiger partial charge >= 0.3 is 0 Å². The van der Waals surface area contributed by atoms with Gasteiger partial charge in [-0.15, -0.1) is 0 Å². The van der Waals surface area contributed by atoms with E-state index < -0.39 is 11.9 Å². The van der Waals surface area contributed by atoms with Crippen LogP contribution >= 0.6 is 0 Å². The summed E-state index contributed by atoms with van der Waals surface area (Å²) in [6, 6.07) is 6.17. The number of hydrogen-bond acceptors (Lipinski definition) is 5. The first kappa shape index (κ1) is 15.8. The highest BCUT2D eigenvalue weighted by Crippen LogP contribution is 2.29. The fourth-order valence-electron chi connectivity index (χ4n) is 2.48. The van der Waals surface area contributed by atoms with Crippen molar-refractivity contribution in [1.29, 1.82) is 5.26 Å². The molecule has 0 saturated heterocycles. The van der Waals surface area contributed by atoms with Gasteiger partial charge in [0.05, 0.1) is 30.4 Å². The van der Waals surface area contributed by atoms with Gasteiger partial charge in [0.15, 0.2) is 5.69 Å². The Hall–Kier alpha value is -3.11. The number of aliphatic hydroxyl groups excluding tert-OH is 1. The van der Waals surface area contributed by atoms with Gasteiger partial charge in [-0.1, -0.05) is 0 Å². The molecule has 120 valence electrons. The minimum Gasteiger partial charge on any atom is -0.389 e. The zero-order chi connectivity index (χ0) is 17.1. The van der Waals surface area contributed by atoms with Gasteiger partial charge in [-0.25, -0.2) is 9.37 Å². The first-order chi connectivity index (χ1) is 11.6. The molecule has 3 aromatic rings. The fraction of sp³-hybridized carbons (Fsp3) is 0.176. The van der Waals surface area contributed by atoms with Gasteiger partial charge in [-0.2, -0.15) is 5.26 Å². The topological polar surface area (TPSA) is 87.6 Å². The highest BCUT2D eigenvalue weighted by molar-refractivity contribution is 5.66. The minimum atomic E-state index is -0.844. The molecule has 0 radical (unpaired) electrons. The Morgan fingerprint density at radius 2 is 2.08 bits per heavy atom. The van der Waals surface area contributed by atoms with Crippen LogP contribution in [0.15, 0.2) is 43.1 Å². The fourth-order valence-corrected chi connectivity index (χ4v) is 2.48. The second kappa shape index (κ2) is 6.56. The van der Waals surface area contributed by atoms with Crippen molar-refractivity contribution >= 4 is 0 Å². The molecule has 2 heterocycles. The molecule has 2 aromatic heterocycles. The third-order valence-corrected chi connectivity index (χ3v) is 3.57. The number of rotatable bonds is 4. The Kier molecular flexibility index (Phi) is 4.31. The SMILES string of the molecule is C[C@@H](O)c1cc(F)ccc1-c1nccnc1Cn1cnc(C#N)c1. The number of hydrogen-bond donors (Lipinski definition) is 1. The summed E-state index contributed by atoms with van der Waals surface area (Å²) in [4.78, 5) is 12.6. The molecule has 0 aliphatic heterocycles. The molecule has 0 bridgehead atoms. The first-order valence-electron chi connectivity index (χ1n) is 7.28. The summed E-state index contributed by atoms with van der Waals surface area (Å²) in [5.74, 6) is -0.423. The molecule has 3 rings (SSSR count). The van der Waals surface area contributed by atoms with Gasteiger partial charge in [0.1, 0.15) is 11.9 Å². The molecule has 0 spiro atoms. The van der Waals surface area contributed by atoms with Gasteiger partial charge in [-0.3, -0.25) is 9.97 Å². The summed E-state index contributed by atoms with van der Waals surface area (Å²) in [5, 5.41) is 18.8. The van der Waals surface area contributed by atoms with Crippen molar-refractivity contribution in [2.75, 3.05) is 0 Å². The van der Waals surface area contributed by atoms with Crippen LogP contribution in [-0.4, -0.2) is 24.6 Å². The molecule has 7 heteroatoms. The molecule has 0 aliphatic carbocycles. The molecule has 0 amide bonds. The van der Waals surface area contributed by atoms with E-state index in [4.69, 9.17) is 5.26 Å². The third kappa shape index (κ3) is 3.14. The molecule has 24 heavy (non-hydrogen) atoms. The summed E-state index contributed by atoms with van der Waals surface area (Å²) in [6.45, 7) is 1.93. The van der Waals surface area contributed by atoms with Crippen molar-refractivity contribution in [2.24, 2.45) is 0 Å². The van der Waals surface area contributed by atoms with Crippen molar-refractivity contribution in [1.82, 2.24) is 19.5 Å². The lowest BCUT2D eigenvalue weighted by Gasteiger charge is -2.14. The number of benzene rings is 1. The summed E-state index contributed by atoms with van der Waals surface area (Å²) in [7, 11) is 0. The molecule has 1 N–H and O–H groups in total. The summed E-state index contributed by atoms with van der Waals surface area (Å²) < 4.78 is 15.2. The van der Waals surface area contributed by atoms with Crippen LogP contribution in [0.5, 0.6) is 0 Å². The summed E-state index contributed by atoms with van der Waals surface area (Å²) in [6.07, 6.45) is 5.41. The van der Waals surface area contributed by atoms with Crippen molar-refractivity contribution in [2.45, 2.75) is 19.6 Å². The maximum atomic E-state index is 13.5. The average Bonchev–Trinajstić information content (AvgIpc) is 3.03. The molecular formula is C17H14FN5O. The molecule has 0 fully saturated rings. The smallest absolute Gasteiger partial charge is 0.158 e. The molecule has 1 aromatic carbocycles. The van der Waals surface area contributed by atoms with Crippen LogP contribution in [0, 0.1) is 17.1 Å². The van der Waals surface area contributed by atoms with Gasteiger partial charge in [-0.05, 0) is 30.7 Å². The lowest BCUT2D eigenvalue weighted by molar-refractivity contribution is 0.199. The quantitative estimate of drug-likeness (QED) is 0.797. The van der Waals surface area contributed by atoms with Crippen molar-refractivity contribution in [3.8, 4) is 17.3 Å². The highest BCUT2D eigenvalue weighted by atomic mass is 19.1.